The summed E-state index contributed by atoms with van der Waals surface area (Å²) < 4.78 is 23.3. The minimum absolute atomic E-state index is 0.0675. The van der Waals surface area contributed by atoms with Crippen LogP contribution in [0.15, 0.2) is 36.9 Å². The molecule has 0 N–H and O–H groups in total. The van der Waals surface area contributed by atoms with Gasteiger partial charge in [0.05, 0.1) is 19.4 Å². The number of hydrogen-bond acceptors (Lipinski definition) is 3. The largest absolute Gasteiger partial charge is 0.335 e. The maximum atomic E-state index is 12.4. The Morgan fingerprint density at radius 3 is 2.39 bits per heavy atom. The average molecular weight is 266 g/mol. The Bertz CT molecular complexity index is 465. The predicted octanol–water partition coefficient (Wildman–Crippen LogP) is 3.97. The first-order valence-corrected chi connectivity index (χ1v) is 7.74. The van der Waals surface area contributed by atoms with Crippen LogP contribution in [0.25, 0.3) is 5.57 Å². The Morgan fingerprint density at radius 1 is 1.28 bits per heavy atom. The van der Waals surface area contributed by atoms with Crippen LogP contribution < -0.4 is 0 Å². The zero-order valence-corrected chi connectivity index (χ0v) is 11.8. The van der Waals surface area contributed by atoms with Gasteiger partial charge in [0.15, 0.2) is 0 Å². The van der Waals surface area contributed by atoms with Gasteiger partial charge in [0.1, 0.15) is 0 Å². The second kappa shape index (κ2) is 5.00. The monoisotopic (exact) mass is 266 g/mol. The highest BCUT2D eigenvalue weighted by molar-refractivity contribution is 7.54. The van der Waals surface area contributed by atoms with E-state index >= 15 is 0 Å². The summed E-state index contributed by atoms with van der Waals surface area (Å²) in [6, 6.07) is 9.70. The molecule has 1 aliphatic rings. The molecule has 0 saturated carbocycles. The lowest BCUT2D eigenvalue weighted by Gasteiger charge is -2.34. The van der Waals surface area contributed by atoms with Crippen LogP contribution >= 0.6 is 7.60 Å². The molecule has 2 rings (SSSR count). The van der Waals surface area contributed by atoms with Crippen molar-refractivity contribution in [3.05, 3.63) is 42.5 Å². The Kier molecular flexibility index (Phi) is 3.76. The minimum Gasteiger partial charge on any atom is -0.308 e. The summed E-state index contributed by atoms with van der Waals surface area (Å²) in [6.45, 7) is 8.96. The third-order valence-electron chi connectivity index (χ3n) is 2.87. The SMILES string of the molecule is C=C(CP1(=O)OCC(C)(C)CO1)c1ccccc1. The maximum Gasteiger partial charge on any atom is 0.335 e. The number of rotatable bonds is 3. The highest BCUT2D eigenvalue weighted by Crippen LogP contribution is 2.55. The molecule has 1 saturated heterocycles. The standard InChI is InChI=1S/C14H19O3P/c1-12(13-7-5-4-6-8-13)9-18(15)16-10-14(2,3)11-17-18/h4-8H,1,9-11H2,2-3H3. The van der Waals surface area contributed by atoms with Gasteiger partial charge in [0.25, 0.3) is 0 Å². The lowest BCUT2D eigenvalue weighted by Crippen LogP contribution is -2.30. The van der Waals surface area contributed by atoms with Crippen LogP contribution in [0.2, 0.25) is 0 Å². The van der Waals surface area contributed by atoms with E-state index in [0.717, 1.165) is 11.1 Å². The molecule has 1 aliphatic heterocycles. The van der Waals surface area contributed by atoms with E-state index in [4.69, 9.17) is 9.05 Å². The third-order valence-corrected chi connectivity index (χ3v) is 4.68. The molecule has 98 valence electrons. The van der Waals surface area contributed by atoms with Crippen molar-refractivity contribution >= 4 is 13.2 Å². The molecular formula is C14H19O3P. The van der Waals surface area contributed by atoms with Gasteiger partial charge in [-0.05, 0) is 11.1 Å². The molecule has 1 fully saturated rings. The normalized spacial score (nSPS) is 21.4. The molecular weight excluding hydrogens is 247 g/mol. The van der Waals surface area contributed by atoms with Gasteiger partial charge in [0.2, 0.25) is 0 Å². The molecule has 0 aliphatic carbocycles. The van der Waals surface area contributed by atoms with Gasteiger partial charge < -0.3 is 9.05 Å². The predicted molar refractivity (Wildman–Crippen MR) is 73.6 cm³/mol. The molecule has 3 nitrogen and oxygen atoms in total. The first-order chi connectivity index (χ1) is 8.40. The van der Waals surface area contributed by atoms with Gasteiger partial charge in [-0.2, -0.15) is 0 Å². The lowest BCUT2D eigenvalue weighted by atomic mass is 9.97. The van der Waals surface area contributed by atoms with Gasteiger partial charge >= 0.3 is 7.60 Å². The highest BCUT2D eigenvalue weighted by Gasteiger charge is 2.36. The van der Waals surface area contributed by atoms with E-state index in [-0.39, 0.29) is 11.6 Å². The fourth-order valence-electron chi connectivity index (χ4n) is 1.72. The second-order valence-electron chi connectivity index (χ2n) is 5.45. The van der Waals surface area contributed by atoms with E-state index < -0.39 is 7.60 Å². The third kappa shape index (κ3) is 3.32. The fraction of sp³-hybridized carbons (Fsp3) is 0.429. The zero-order valence-electron chi connectivity index (χ0n) is 10.9. The molecule has 18 heavy (non-hydrogen) atoms. The summed E-state index contributed by atoms with van der Waals surface area (Å²) in [6.07, 6.45) is 0.257. The number of benzene rings is 1. The quantitative estimate of drug-likeness (QED) is 0.777. The van der Waals surface area contributed by atoms with Crippen molar-refractivity contribution in [1.82, 2.24) is 0 Å². The first-order valence-electron chi connectivity index (χ1n) is 6.02. The topological polar surface area (TPSA) is 35.5 Å². The minimum atomic E-state index is -3.01. The van der Waals surface area contributed by atoms with Crippen LogP contribution in [0.3, 0.4) is 0 Å². The fourth-order valence-corrected chi connectivity index (χ4v) is 3.71. The molecule has 4 heteroatoms. The van der Waals surface area contributed by atoms with Crippen LogP contribution in [0.5, 0.6) is 0 Å². The molecule has 0 bridgehead atoms. The Morgan fingerprint density at radius 2 is 1.83 bits per heavy atom. The van der Waals surface area contributed by atoms with Crippen LogP contribution in [0, 0.1) is 5.41 Å². The van der Waals surface area contributed by atoms with Crippen molar-refractivity contribution in [2.75, 3.05) is 19.4 Å². The summed E-state index contributed by atoms with van der Waals surface area (Å²) in [7, 11) is -3.01. The van der Waals surface area contributed by atoms with Crippen molar-refractivity contribution in [1.29, 1.82) is 0 Å². The first kappa shape index (κ1) is 13.5. The number of allylic oxidation sites excluding steroid dienone is 1. The summed E-state index contributed by atoms with van der Waals surface area (Å²) in [5.41, 5.74) is 1.70. The van der Waals surface area contributed by atoms with Crippen molar-refractivity contribution in [2.45, 2.75) is 13.8 Å². The van der Waals surface area contributed by atoms with Gasteiger partial charge in [-0.3, -0.25) is 4.57 Å². The summed E-state index contributed by atoms with van der Waals surface area (Å²) in [4.78, 5) is 0. The Hall–Kier alpha value is -0.890. The van der Waals surface area contributed by atoms with E-state index in [0.29, 0.717) is 13.2 Å². The van der Waals surface area contributed by atoms with E-state index in [2.05, 4.69) is 6.58 Å². The van der Waals surface area contributed by atoms with E-state index in [9.17, 15) is 4.57 Å². The molecule has 0 unspecified atom stereocenters. The molecule has 1 aromatic rings. The van der Waals surface area contributed by atoms with Crippen molar-refractivity contribution in [2.24, 2.45) is 5.41 Å². The van der Waals surface area contributed by atoms with Gasteiger partial charge in [-0.1, -0.05) is 50.8 Å². The molecule has 0 aromatic heterocycles. The van der Waals surface area contributed by atoms with Crippen LogP contribution in [-0.2, 0) is 13.6 Å². The molecule has 1 heterocycles. The second-order valence-corrected chi connectivity index (χ2v) is 7.50. The number of hydrogen-bond donors (Lipinski definition) is 0. The molecule has 0 atom stereocenters. The lowest BCUT2D eigenvalue weighted by molar-refractivity contribution is 0.0427. The molecule has 1 aromatic carbocycles. The molecule has 0 radical (unpaired) electrons. The van der Waals surface area contributed by atoms with E-state index in [1.54, 1.807) is 0 Å². The smallest absolute Gasteiger partial charge is 0.308 e. The van der Waals surface area contributed by atoms with Gasteiger partial charge in [-0.25, -0.2) is 0 Å². The maximum absolute atomic E-state index is 12.4. The van der Waals surface area contributed by atoms with Crippen molar-refractivity contribution in [3.8, 4) is 0 Å². The van der Waals surface area contributed by atoms with E-state index in [1.807, 2.05) is 44.2 Å². The summed E-state index contributed by atoms with van der Waals surface area (Å²) in [5.74, 6) is 0. The summed E-state index contributed by atoms with van der Waals surface area (Å²) in [5, 5.41) is 0. The van der Waals surface area contributed by atoms with E-state index in [1.165, 1.54) is 0 Å². The Labute approximate surface area is 108 Å². The van der Waals surface area contributed by atoms with Gasteiger partial charge in [0, 0.05) is 5.41 Å². The van der Waals surface area contributed by atoms with Crippen LogP contribution in [0.4, 0.5) is 0 Å². The van der Waals surface area contributed by atoms with Crippen molar-refractivity contribution < 1.29 is 13.6 Å². The van der Waals surface area contributed by atoms with Crippen molar-refractivity contribution in [3.63, 3.8) is 0 Å². The summed E-state index contributed by atoms with van der Waals surface area (Å²) >= 11 is 0. The molecule has 0 amide bonds. The van der Waals surface area contributed by atoms with Gasteiger partial charge in [-0.15, -0.1) is 0 Å². The zero-order chi connectivity index (χ0) is 13.2. The van der Waals surface area contributed by atoms with Crippen LogP contribution in [0.1, 0.15) is 19.4 Å². The molecule has 0 spiro atoms. The highest BCUT2D eigenvalue weighted by atomic mass is 31.2. The Balaban J connectivity index is 2.02. The average Bonchev–Trinajstić information content (AvgIpc) is 2.35. The van der Waals surface area contributed by atoms with Crippen LogP contribution in [-0.4, -0.2) is 19.4 Å².